The maximum atomic E-state index is 12.6. The first-order valence-corrected chi connectivity index (χ1v) is 13.3. The quantitative estimate of drug-likeness (QED) is 0.528. The molecule has 0 radical (unpaired) electrons. The maximum Gasteiger partial charge on any atom is 0.326 e. The number of rotatable bonds is 5. The lowest BCUT2D eigenvalue weighted by atomic mass is 9.93. The Kier molecular flexibility index (Phi) is 6.76. The molecular weight excluding hydrogens is 498 g/mol. The van der Waals surface area contributed by atoms with Gasteiger partial charge in [0.2, 0.25) is 5.91 Å². The fraction of sp³-hybridized carbons (Fsp3) is 0.462. The first kappa shape index (κ1) is 25.1. The molecule has 0 spiro atoms. The Morgan fingerprint density at radius 1 is 1.25 bits per heavy atom. The summed E-state index contributed by atoms with van der Waals surface area (Å²) in [5, 5.41) is 4.12. The van der Waals surface area contributed by atoms with Crippen LogP contribution in [0, 0.1) is 6.92 Å². The van der Waals surface area contributed by atoms with E-state index in [0.717, 1.165) is 57.0 Å². The van der Waals surface area contributed by atoms with Gasteiger partial charge in [-0.3, -0.25) is 9.69 Å². The second-order valence-corrected chi connectivity index (χ2v) is 11.7. The number of amides is 3. The van der Waals surface area contributed by atoms with Crippen molar-refractivity contribution < 1.29 is 14.3 Å². The Balaban J connectivity index is 1.52. The number of carbonyl (C=O) groups is 2. The Bertz CT molecular complexity index is 1340. The lowest BCUT2D eigenvalue weighted by Crippen LogP contribution is -2.51. The minimum absolute atomic E-state index is 0.0247. The predicted octanol–water partition coefficient (Wildman–Crippen LogP) is 4.41. The van der Waals surface area contributed by atoms with Crippen molar-refractivity contribution >= 4 is 45.1 Å². The van der Waals surface area contributed by atoms with Gasteiger partial charge in [0, 0.05) is 55.0 Å². The SMILES string of the molecule is Cc1cc(Cl)cc(-c2ncnc3cc(CN4C(=O)CCN(C)C4=O)sc23)c1C[C@H]1CNCC(C)(C)O1. The van der Waals surface area contributed by atoms with Crippen molar-refractivity contribution in [2.75, 3.05) is 26.7 Å². The highest BCUT2D eigenvalue weighted by molar-refractivity contribution is 7.19. The summed E-state index contributed by atoms with van der Waals surface area (Å²) in [6.45, 7) is 8.52. The Morgan fingerprint density at radius 2 is 2.06 bits per heavy atom. The van der Waals surface area contributed by atoms with Crippen molar-refractivity contribution in [3.8, 4) is 11.3 Å². The van der Waals surface area contributed by atoms with E-state index in [0.29, 0.717) is 18.0 Å². The average molecular weight is 528 g/mol. The van der Waals surface area contributed by atoms with Crippen LogP contribution in [-0.2, 0) is 22.5 Å². The maximum absolute atomic E-state index is 12.6. The van der Waals surface area contributed by atoms with Crippen molar-refractivity contribution in [2.24, 2.45) is 0 Å². The fourth-order valence-electron chi connectivity index (χ4n) is 4.96. The third-order valence-corrected chi connectivity index (χ3v) is 8.06. The van der Waals surface area contributed by atoms with Crippen LogP contribution in [0.15, 0.2) is 24.5 Å². The molecule has 3 amide bonds. The van der Waals surface area contributed by atoms with Gasteiger partial charge in [-0.1, -0.05) is 11.6 Å². The number of thiophene rings is 1. The van der Waals surface area contributed by atoms with Crippen LogP contribution in [-0.4, -0.2) is 70.1 Å². The molecule has 4 heterocycles. The van der Waals surface area contributed by atoms with Gasteiger partial charge >= 0.3 is 6.03 Å². The van der Waals surface area contributed by atoms with E-state index in [4.69, 9.17) is 16.3 Å². The second kappa shape index (κ2) is 9.70. The smallest absolute Gasteiger partial charge is 0.326 e. The van der Waals surface area contributed by atoms with Gasteiger partial charge in [-0.05, 0) is 50.1 Å². The molecule has 0 bridgehead atoms. The summed E-state index contributed by atoms with van der Waals surface area (Å²) in [6.07, 6.45) is 2.64. The van der Waals surface area contributed by atoms with E-state index >= 15 is 0 Å². The van der Waals surface area contributed by atoms with Gasteiger partial charge in [0.25, 0.3) is 0 Å². The molecule has 0 unspecified atom stereocenters. The molecule has 0 saturated carbocycles. The van der Waals surface area contributed by atoms with Gasteiger partial charge in [0.05, 0.1) is 34.2 Å². The molecule has 5 rings (SSSR count). The van der Waals surface area contributed by atoms with Gasteiger partial charge < -0.3 is 15.0 Å². The zero-order chi connectivity index (χ0) is 25.6. The summed E-state index contributed by atoms with van der Waals surface area (Å²) in [5.41, 5.74) is 4.53. The fourth-order valence-corrected chi connectivity index (χ4v) is 6.33. The molecule has 2 aliphatic rings. The van der Waals surface area contributed by atoms with E-state index in [1.807, 2.05) is 18.2 Å². The van der Waals surface area contributed by atoms with Gasteiger partial charge in [-0.15, -0.1) is 11.3 Å². The number of aromatic nitrogens is 2. The number of hydrogen-bond acceptors (Lipinski definition) is 7. The van der Waals surface area contributed by atoms with Gasteiger partial charge in [-0.2, -0.15) is 0 Å². The second-order valence-electron chi connectivity index (χ2n) is 10.2. The first-order valence-electron chi connectivity index (χ1n) is 12.1. The number of carbonyl (C=O) groups excluding carboxylic acids is 2. The number of urea groups is 1. The summed E-state index contributed by atoms with van der Waals surface area (Å²) < 4.78 is 7.27. The molecule has 1 aromatic carbocycles. The van der Waals surface area contributed by atoms with Gasteiger partial charge in [0.1, 0.15) is 6.33 Å². The summed E-state index contributed by atoms with van der Waals surface area (Å²) in [4.78, 5) is 37.9. The molecule has 2 fully saturated rings. The van der Waals surface area contributed by atoms with Crippen molar-refractivity contribution in [1.82, 2.24) is 25.1 Å². The number of halogens is 1. The zero-order valence-electron chi connectivity index (χ0n) is 20.9. The first-order chi connectivity index (χ1) is 17.1. The summed E-state index contributed by atoms with van der Waals surface area (Å²) in [6, 6.07) is 5.60. The predicted molar refractivity (Wildman–Crippen MR) is 141 cm³/mol. The lowest BCUT2D eigenvalue weighted by molar-refractivity contribution is -0.131. The topological polar surface area (TPSA) is 87.7 Å². The van der Waals surface area contributed by atoms with Crippen molar-refractivity contribution in [2.45, 2.75) is 51.9 Å². The number of nitrogens with one attached hydrogen (secondary N) is 1. The van der Waals surface area contributed by atoms with Crippen LogP contribution in [0.4, 0.5) is 4.79 Å². The number of benzene rings is 1. The van der Waals surface area contributed by atoms with Crippen LogP contribution in [0.3, 0.4) is 0 Å². The minimum Gasteiger partial charge on any atom is -0.369 e. The summed E-state index contributed by atoms with van der Waals surface area (Å²) in [5.74, 6) is -0.154. The number of aryl methyl sites for hydroxylation is 1. The molecular formula is C26H30ClN5O3S. The van der Waals surface area contributed by atoms with E-state index in [9.17, 15) is 9.59 Å². The average Bonchev–Trinajstić information content (AvgIpc) is 3.23. The molecule has 190 valence electrons. The highest BCUT2D eigenvalue weighted by Crippen LogP contribution is 2.38. The zero-order valence-corrected chi connectivity index (χ0v) is 22.5. The monoisotopic (exact) mass is 527 g/mol. The third-order valence-electron chi connectivity index (χ3n) is 6.73. The van der Waals surface area contributed by atoms with Crippen molar-refractivity contribution in [3.05, 3.63) is 45.6 Å². The van der Waals surface area contributed by atoms with Gasteiger partial charge in [-0.25, -0.2) is 14.8 Å². The number of fused-ring (bicyclic) bond motifs is 1. The van der Waals surface area contributed by atoms with Gasteiger partial charge in [0.15, 0.2) is 0 Å². The molecule has 2 saturated heterocycles. The molecule has 8 nitrogen and oxygen atoms in total. The number of morpholine rings is 1. The number of hydrogen-bond donors (Lipinski definition) is 1. The molecule has 3 aromatic rings. The highest BCUT2D eigenvalue weighted by atomic mass is 35.5. The van der Waals surface area contributed by atoms with Crippen LogP contribution in [0.2, 0.25) is 5.02 Å². The molecule has 2 aliphatic heterocycles. The van der Waals surface area contributed by atoms with Crippen LogP contribution >= 0.6 is 22.9 Å². The molecule has 2 aromatic heterocycles. The summed E-state index contributed by atoms with van der Waals surface area (Å²) >= 11 is 8.03. The molecule has 1 N–H and O–H groups in total. The minimum atomic E-state index is -0.271. The van der Waals surface area contributed by atoms with Crippen LogP contribution in [0.1, 0.15) is 36.3 Å². The number of nitrogens with zero attached hydrogens (tertiary/aromatic N) is 4. The molecule has 0 aliphatic carbocycles. The van der Waals surface area contributed by atoms with Crippen LogP contribution < -0.4 is 5.32 Å². The molecule has 1 atom stereocenters. The molecule has 10 heteroatoms. The van der Waals surface area contributed by atoms with E-state index in [2.05, 4.69) is 36.1 Å². The van der Waals surface area contributed by atoms with Crippen molar-refractivity contribution in [3.63, 3.8) is 0 Å². The Labute approximate surface area is 219 Å². The van der Waals surface area contributed by atoms with E-state index in [1.165, 1.54) is 16.2 Å². The standard InChI is InChI=1S/C26H30ClN5O3S/c1-15-7-16(27)8-20(19(15)9-17-11-28-13-26(2,3)35-17)23-24-21(29-14-30-23)10-18(36-24)12-32-22(33)5-6-31(4)25(32)34/h7-8,10,14,17,28H,5-6,9,11-13H2,1-4H3/t17-/m0/s1. The molecule has 36 heavy (non-hydrogen) atoms. The largest absolute Gasteiger partial charge is 0.369 e. The van der Waals surface area contributed by atoms with E-state index < -0.39 is 0 Å². The summed E-state index contributed by atoms with van der Waals surface area (Å²) in [7, 11) is 1.71. The van der Waals surface area contributed by atoms with Crippen molar-refractivity contribution in [1.29, 1.82) is 0 Å². The number of ether oxygens (including phenoxy) is 1. The Morgan fingerprint density at radius 3 is 2.83 bits per heavy atom. The van der Waals surface area contributed by atoms with Crippen LogP contribution in [0.25, 0.3) is 21.5 Å². The normalized spacial score (nSPS) is 20.4. The Hall–Kier alpha value is -2.59. The van der Waals surface area contributed by atoms with E-state index in [-0.39, 0.29) is 30.2 Å². The lowest BCUT2D eigenvalue weighted by Gasteiger charge is -2.37. The number of imide groups is 1. The third kappa shape index (κ3) is 4.98. The highest BCUT2D eigenvalue weighted by Gasteiger charge is 2.31. The van der Waals surface area contributed by atoms with E-state index in [1.54, 1.807) is 18.3 Å². The van der Waals surface area contributed by atoms with Crippen LogP contribution in [0.5, 0.6) is 0 Å².